The monoisotopic (exact) mass is 229 g/mol. The van der Waals surface area contributed by atoms with Crippen LogP contribution in [0.25, 0.3) is 0 Å². The summed E-state index contributed by atoms with van der Waals surface area (Å²) in [6.45, 7) is 0.394. The number of methoxy groups -OCH3 is 1. The number of benzene rings is 1. The molecule has 5 heteroatoms. The predicted molar refractivity (Wildman–Crippen MR) is 57.5 cm³/mol. The van der Waals surface area contributed by atoms with Crippen molar-refractivity contribution in [2.24, 2.45) is 0 Å². The highest BCUT2D eigenvalue weighted by molar-refractivity contribution is 5.85. The SMILES string of the molecule is COc1ccc([C@H]2COC(=O)N2)cc1.Cl. The lowest BCUT2D eigenvalue weighted by Gasteiger charge is -2.07. The smallest absolute Gasteiger partial charge is 0.407 e. The number of nitrogens with one attached hydrogen (secondary N) is 1. The van der Waals surface area contributed by atoms with E-state index in [-0.39, 0.29) is 24.5 Å². The van der Waals surface area contributed by atoms with E-state index in [1.54, 1.807) is 7.11 Å². The average molecular weight is 230 g/mol. The Labute approximate surface area is 94.0 Å². The van der Waals surface area contributed by atoms with E-state index in [1.165, 1.54) is 0 Å². The van der Waals surface area contributed by atoms with Gasteiger partial charge in [-0.25, -0.2) is 4.79 Å². The number of amides is 1. The van der Waals surface area contributed by atoms with Crippen molar-refractivity contribution in [2.45, 2.75) is 6.04 Å². The fourth-order valence-electron chi connectivity index (χ4n) is 1.40. The minimum atomic E-state index is -0.356. The van der Waals surface area contributed by atoms with E-state index >= 15 is 0 Å². The van der Waals surface area contributed by atoms with Crippen LogP contribution in [0, 0.1) is 0 Å². The minimum absolute atomic E-state index is 0. The second kappa shape index (κ2) is 4.89. The summed E-state index contributed by atoms with van der Waals surface area (Å²) in [4.78, 5) is 10.8. The Morgan fingerprint density at radius 3 is 2.53 bits per heavy atom. The van der Waals surface area contributed by atoms with Gasteiger partial charge >= 0.3 is 6.09 Å². The number of rotatable bonds is 2. The van der Waals surface area contributed by atoms with Crippen molar-refractivity contribution >= 4 is 18.5 Å². The molecule has 2 rings (SSSR count). The third-order valence-electron chi connectivity index (χ3n) is 2.19. The van der Waals surface area contributed by atoms with Crippen molar-refractivity contribution in [1.82, 2.24) is 5.32 Å². The van der Waals surface area contributed by atoms with Gasteiger partial charge in [0.15, 0.2) is 0 Å². The Morgan fingerprint density at radius 2 is 2.07 bits per heavy atom. The summed E-state index contributed by atoms with van der Waals surface area (Å²) in [5.41, 5.74) is 1.02. The molecule has 1 aromatic rings. The summed E-state index contributed by atoms with van der Waals surface area (Å²) in [5.74, 6) is 0.805. The van der Waals surface area contributed by atoms with E-state index in [0.717, 1.165) is 11.3 Å². The molecule has 0 radical (unpaired) electrons. The second-order valence-electron chi connectivity index (χ2n) is 3.07. The molecule has 1 saturated heterocycles. The molecule has 1 aromatic carbocycles. The van der Waals surface area contributed by atoms with Crippen LogP contribution in [0.2, 0.25) is 0 Å². The first-order valence-corrected chi connectivity index (χ1v) is 4.37. The van der Waals surface area contributed by atoms with E-state index < -0.39 is 0 Å². The summed E-state index contributed by atoms with van der Waals surface area (Å²) in [6, 6.07) is 7.52. The molecule has 1 heterocycles. The summed E-state index contributed by atoms with van der Waals surface area (Å²) >= 11 is 0. The predicted octanol–water partition coefficient (Wildman–Crippen LogP) is 1.90. The third-order valence-corrected chi connectivity index (χ3v) is 2.19. The topological polar surface area (TPSA) is 47.6 Å². The first-order valence-electron chi connectivity index (χ1n) is 4.37. The first kappa shape index (κ1) is 11.7. The Morgan fingerprint density at radius 1 is 1.40 bits per heavy atom. The molecule has 1 aliphatic heterocycles. The van der Waals surface area contributed by atoms with Crippen LogP contribution in [0.4, 0.5) is 4.79 Å². The summed E-state index contributed by atoms with van der Waals surface area (Å²) < 4.78 is 9.83. The number of ether oxygens (including phenoxy) is 2. The molecule has 0 bridgehead atoms. The van der Waals surface area contributed by atoms with Crippen LogP contribution < -0.4 is 10.1 Å². The van der Waals surface area contributed by atoms with Crippen molar-refractivity contribution in [2.75, 3.05) is 13.7 Å². The Bertz CT molecular complexity index is 339. The molecular weight excluding hydrogens is 218 g/mol. The third kappa shape index (κ3) is 2.53. The van der Waals surface area contributed by atoms with Crippen LogP contribution in [0.15, 0.2) is 24.3 Å². The molecule has 15 heavy (non-hydrogen) atoms. The van der Waals surface area contributed by atoms with Gasteiger partial charge < -0.3 is 14.8 Å². The number of cyclic esters (lactones) is 1. The van der Waals surface area contributed by atoms with Crippen LogP contribution in [-0.2, 0) is 4.74 Å². The molecule has 1 amide bonds. The van der Waals surface area contributed by atoms with Gasteiger partial charge in [-0.15, -0.1) is 12.4 Å². The van der Waals surface area contributed by atoms with Gasteiger partial charge in [0, 0.05) is 0 Å². The fourth-order valence-corrected chi connectivity index (χ4v) is 1.40. The molecule has 1 atom stereocenters. The molecule has 0 unspecified atom stereocenters. The molecule has 0 aliphatic carbocycles. The van der Waals surface area contributed by atoms with E-state index in [2.05, 4.69) is 5.32 Å². The van der Waals surface area contributed by atoms with Crippen LogP contribution in [0.1, 0.15) is 11.6 Å². The zero-order valence-corrected chi connectivity index (χ0v) is 9.04. The molecule has 0 saturated carbocycles. The highest BCUT2D eigenvalue weighted by Crippen LogP contribution is 2.20. The molecular formula is C10H12ClNO3. The van der Waals surface area contributed by atoms with Gasteiger partial charge in [0.1, 0.15) is 12.4 Å². The number of alkyl carbamates (subject to hydrolysis) is 1. The average Bonchev–Trinajstić information content (AvgIpc) is 2.65. The summed E-state index contributed by atoms with van der Waals surface area (Å²) in [7, 11) is 1.62. The normalized spacial score (nSPS) is 18.7. The number of hydrogen-bond donors (Lipinski definition) is 1. The largest absolute Gasteiger partial charge is 0.497 e. The molecule has 0 aromatic heterocycles. The van der Waals surface area contributed by atoms with Crippen molar-refractivity contribution in [1.29, 1.82) is 0 Å². The van der Waals surface area contributed by atoms with Crippen LogP contribution in [0.3, 0.4) is 0 Å². The second-order valence-corrected chi connectivity index (χ2v) is 3.07. The highest BCUT2D eigenvalue weighted by Gasteiger charge is 2.23. The lowest BCUT2D eigenvalue weighted by atomic mass is 10.1. The minimum Gasteiger partial charge on any atom is -0.497 e. The number of carbonyl (C=O) groups excluding carboxylic acids is 1. The molecule has 82 valence electrons. The molecule has 1 aliphatic rings. The van der Waals surface area contributed by atoms with E-state index in [0.29, 0.717) is 6.61 Å². The van der Waals surface area contributed by atoms with Gasteiger partial charge in [-0.05, 0) is 17.7 Å². The molecule has 4 nitrogen and oxygen atoms in total. The quantitative estimate of drug-likeness (QED) is 0.843. The summed E-state index contributed by atoms with van der Waals surface area (Å²) in [5, 5.41) is 2.71. The number of carbonyl (C=O) groups is 1. The van der Waals surface area contributed by atoms with Gasteiger partial charge in [0.05, 0.1) is 13.2 Å². The maximum absolute atomic E-state index is 10.8. The fraction of sp³-hybridized carbons (Fsp3) is 0.300. The van der Waals surface area contributed by atoms with Crippen molar-refractivity contribution in [3.63, 3.8) is 0 Å². The standard InChI is InChI=1S/C10H11NO3.ClH/c1-13-8-4-2-7(3-5-8)9-6-14-10(12)11-9;/h2-5,9H,6H2,1H3,(H,11,12);1H/t9-;/m1./s1. The maximum atomic E-state index is 10.8. The van der Waals surface area contributed by atoms with Crippen molar-refractivity contribution in [3.05, 3.63) is 29.8 Å². The van der Waals surface area contributed by atoms with E-state index in [9.17, 15) is 4.79 Å². The first-order chi connectivity index (χ1) is 6.79. The van der Waals surface area contributed by atoms with Gasteiger partial charge in [-0.1, -0.05) is 12.1 Å². The van der Waals surface area contributed by atoms with Gasteiger partial charge in [-0.2, -0.15) is 0 Å². The van der Waals surface area contributed by atoms with Gasteiger partial charge in [-0.3, -0.25) is 0 Å². The van der Waals surface area contributed by atoms with E-state index in [1.807, 2.05) is 24.3 Å². The molecule has 1 fully saturated rings. The Balaban J connectivity index is 0.00000112. The van der Waals surface area contributed by atoms with Crippen LogP contribution in [0.5, 0.6) is 5.75 Å². The summed E-state index contributed by atoms with van der Waals surface area (Å²) in [6.07, 6.45) is -0.356. The lowest BCUT2D eigenvalue weighted by molar-refractivity contribution is 0.177. The van der Waals surface area contributed by atoms with E-state index in [4.69, 9.17) is 9.47 Å². The van der Waals surface area contributed by atoms with Crippen LogP contribution in [-0.4, -0.2) is 19.8 Å². The number of hydrogen-bond acceptors (Lipinski definition) is 3. The highest BCUT2D eigenvalue weighted by atomic mass is 35.5. The zero-order valence-electron chi connectivity index (χ0n) is 8.23. The Hall–Kier alpha value is -1.42. The Kier molecular flexibility index (Phi) is 3.80. The van der Waals surface area contributed by atoms with Crippen LogP contribution >= 0.6 is 12.4 Å². The molecule has 1 N–H and O–H groups in total. The van der Waals surface area contributed by atoms with Gasteiger partial charge in [0.2, 0.25) is 0 Å². The molecule has 0 spiro atoms. The zero-order chi connectivity index (χ0) is 9.97. The number of halogens is 1. The van der Waals surface area contributed by atoms with Crippen molar-refractivity contribution in [3.8, 4) is 5.75 Å². The maximum Gasteiger partial charge on any atom is 0.407 e. The van der Waals surface area contributed by atoms with Crippen molar-refractivity contribution < 1.29 is 14.3 Å². The van der Waals surface area contributed by atoms with Gasteiger partial charge in [0.25, 0.3) is 0 Å². The lowest BCUT2D eigenvalue weighted by Crippen LogP contribution is -2.18.